The fourth-order valence-electron chi connectivity index (χ4n) is 3.35. The fraction of sp³-hybridized carbons (Fsp3) is 0.636. The molecule has 6 heteroatoms. The van der Waals surface area contributed by atoms with E-state index >= 15 is 0 Å². The zero-order valence-corrected chi connectivity index (χ0v) is 17.5. The van der Waals surface area contributed by atoms with Crippen LogP contribution in [0, 0.1) is 0 Å². The van der Waals surface area contributed by atoms with Gasteiger partial charge in [0.05, 0.1) is 0 Å². The minimum Gasteiger partial charge on any atom is -0.444 e. The van der Waals surface area contributed by atoms with E-state index in [2.05, 4.69) is 15.5 Å². The van der Waals surface area contributed by atoms with Crippen molar-refractivity contribution in [1.82, 2.24) is 15.5 Å². The molecular formula is C22H35N3O3. The van der Waals surface area contributed by atoms with Crippen molar-refractivity contribution in [2.75, 3.05) is 26.2 Å². The number of ether oxygens (including phenoxy) is 1. The van der Waals surface area contributed by atoms with Gasteiger partial charge in [-0.2, -0.15) is 0 Å². The van der Waals surface area contributed by atoms with Crippen LogP contribution < -0.4 is 10.6 Å². The van der Waals surface area contributed by atoms with Crippen molar-refractivity contribution in [3.05, 3.63) is 35.9 Å². The molecule has 156 valence electrons. The van der Waals surface area contributed by atoms with Gasteiger partial charge in [-0.1, -0.05) is 30.3 Å². The van der Waals surface area contributed by atoms with E-state index in [0.717, 1.165) is 25.2 Å². The first-order valence-electron chi connectivity index (χ1n) is 10.3. The van der Waals surface area contributed by atoms with Crippen LogP contribution in [0.2, 0.25) is 0 Å². The van der Waals surface area contributed by atoms with Gasteiger partial charge in [0.1, 0.15) is 5.60 Å². The second-order valence-electron chi connectivity index (χ2n) is 8.47. The van der Waals surface area contributed by atoms with Gasteiger partial charge in [-0.3, -0.25) is 4.79 Å². The van der Waals surface area contributed by atoms with Crippen molar-refractivity contribution >= 4 is 12.0 Å². The third-order valence-corrected chi connectivity index (χ3v) is 4.71. The Balaban J connectivity index is 1.80. The number of hydrogen-bond acceptors (Lipinski definition) is 4. The smallest absolute Gasteiger partial charge is 0.407 e. The van der Waals surface area contributed by atoms with Gasteiger partial charge in [0.15, 0.2) is 0 Å². The molecule has 2 N–H and O–H groups in total. The van der Waals surface area contributed by atoms with Crippen molar-refractivity contribution in [1.29, 1.82) is 0 Å². The summed E-state index contributed by atoms with van der Waals surface area (Å²) in [5.41, 5.74) is 0.576. The SMILES string of the molecule is CC(C)(C)OC(=O)NC(CCC(=O)NCCN1CCCC1)Cc1ccccc1. The lowest BCUT2D eigenvalue weighted by atomic mass is 10.0. The Bertz CT molecular complexity index is 607. The number of likely N-dealkylation sites (tertiary alicyclic amines) is 1. The Labute approximate surface area is 169 Å². The summed E-state index contributed by atoms with van der Waals surface area (Å²) in [6, 6.07) is 9.82. The van der Waals surface area contributed by atoms with Gasteiger partial charge in [0.2, 0.25) is 5.91 Å². The predicted octanol–water partition coefficient (Wildman–Crippen LogP) is 3.11. The van der Waals surface area contributed by atoms with Crippen LogP contribution in [0.25, 0.3) is 0 Å². The van der Waals surface area contributed by atoms with Crippen LogP contribution in [0.4, 0.5) is 4.79 Å². The number of carbonyl (C=O) groups excluding carboxylic acids is 2. The van der Waals surface area contributed by atoms with Crippen molar-refractivity contribution in [3.63, 3.8) is 0 Å². The molecule has 1 aromatic rings. The monoisotopic (exact) mass is 389 g/mol. The van der Waals surface area contributed by atoms with E-state index in [4.69, 9.17) is 4.74 Å². The third-order valence-electron chi connectivity index (χ3n) is 4.71. The Morgan fingerprint density at radius 1 is 1.14 bits per heavy atom. The van der Waals surface area contributed by atoms with Gasteiger partial charge in [-0.05, 0) is 65.1 Å². The van der Waals surface area contributed by atoms with Crippen LogP contribution in [0.1, 0.15) is 52.0 Å². The highest BCUT2D eigenvalue weighted by molar-refractivity contribution is 5.76. The molecule has 1 aliphatic heterocycles. The maximum absolute atomic E-state index is 12.2. The second-order valence-corrected chi connectivity index (χ2v) is 8.47. The van der Waals surface area contributed by atoms with Crippen molar-refractivity contribution in [2.45, 2.75) is 64.5 Å². The van der Waals surface area contributed by atoms with E-state index in [1.165, 1.54) is 12.8 Å². The first-order chi connectivity index (χ1) is 13.3. The number of carbonyl (C=O) groups is 2. The number of nitrogens with zero attached hydrogens (tertiary/aromatic N) is 1. The first kappa shape index (κ1) is 22.2. The van der Waals surface area contributed by atoms with Gasteiger partial charge in [-0.25, -0.2) is 4.79 Å². The molecule has 1 aliphatic rings. The predicted molar refractivity (Wildman–Crippen MR) is 111 cm³/mol. The number of alkyl carbamates (subject to hydrolysis) is 1. The lowest BCUT2D eigenvalue weighted by molar-refractivity contribution is -0.121. The molecule has 0 radical (unpaired) electrons. The summed E-state index contributed by atoms with van der Waals surface area (Å²) in [4.78, 5) is 26.8. The van der Waals surface area contributed by atoms with E-state index < -0.39 is 11.7 Å². The van der Waals surface area contributed by atoms with Crippen molar-refractivity contribution < 1.29 is 14.3 Å². The van der Waals surface area contributed by atoms with E-state index in [0.29, 0.717) is 25.8 Å². The highest BCUT2D eigenvalue weighted by Crippen LogP contribution is 2.11. The summed E-state index contributed by atoms with van der Waals surface area (Å²) < 4.78 is 5.38. The summed E-state index contributed by atoms with van der Waals surface area (Å²) in [7, 11) is 0. The van der Waals surface area contributed by atoms with Crippen LogP contribution >= 0.6 is 0 Å². The standard InChI is InChI=1S/C22H35N3O3/c1-22(2,3)28-21(27)24-19(17-18-9-5-4-6-10-18)11-12-20(26)23-13-16-25-14-7-8-15-25/h4-6,9-10,19H,7-8,11-17H2,1-3H3,(H,23,26)(H,24,27). The Morgan fingerprint density at radius 3 is 2.46 bits per heavy atom. The normalized spacial score (nSPS) is 15.8. The molecule has 1 atom stereocenters. The summed E-state index contributed by atoms with van der Waals surface area (Å²) in [5.74, 6) is 0.0308. The molecule has 1 fully saturated rings. The second kappa shape index (κ2) is 11.1. The van der Waals surface area contributed by atoms with Crippen LogP contribution in [0.5, 0.6) is 0 Å². The maximum Gasteiger partial charge on any atom is 0.407 e. The number of benzene rings is 1. The molecule has 28 heavy (non-hydrogen) atoms. The minimum absolute atomic E-state index is 0.0308. The topological polar surface area (TPSA) is 70.7 Å². The lowest BCUT2D eigenvalue weighted by Crippen LogP contribution is -2.41. The average Bonchev–Trinajstić information content (AvgIpc) is 3.12. The third kappa shape index (κ3) is 9.22. The van der Waals surface area contributed by atoms with Gasteiger partial charge >= 0.3 is 6.09 Å². The highest BCUT2D eigenvalue weighted by atomic mass is 16.6. The molecule has 0 spiro atoms. The quantitative estimate of drug-likeness (QED) is 0.681. The van der Waals surface area contributed by atoms with E-state index in [-0.39, 0.29) is 11.9 Å². The lowest BCUT2D eigenvalue weighted by Gasteiger charge is -2.24. The molecule has 2 amide bonds. The van der Waals surface area contributed by atoms with E-state index in [1.54, 1.807) is 0 Å². The molecule has 0 saturated carbocycles. The molecule has 2 rings (SSSR count). The molecule has 1 heterocycles. The molecule has 1 saturated heterocycles. The molecule has 0 bridgehead atoms. The van der Waals surface area contributed by atoms with E-state index in [9.17, 15) is 9.59 Å². The number of nitrogens with one attached hydrogen (secondary N) is 2. The minimum atomic E-state index is -0.547. The highest BCUT2D eigenvalue weighted by Gasteiger charge is 2.20. The number of hydrogen-bond donors (Lipinski definition) is 2. The molecular weight excluding hydrogens is 354 g/mol. The van der Waals surface area contributed by atoms with Crippen molar-refractivity contribution in [2.24, 2.45) is 0 Å². The Morgan fingerprint density at radius 2 is 1.82 bits per heavy atom. The molecule has 1 aromatic carbocycles. The Kier molecular flexibility index (Phi) is 8.77. The van der Waals surface area contributed by atoms with Gasteiger partial charge in [0.25, 0.3) is 0 Å². The summed E-state index contributed by atoms with van der Waals surface area (Å²) >= 11 is 0. The summed E-state index contributed by atoms with van der Waals surface area (Å²) in [6.07, 6.45) is 3.69. The maximum atomic E-state index is 12.2. The molecule has 6 nitrogen and oxygen atoms in total. The average molecular weight is 390 g/mol. The fourth-order valence-corrected chi connectivity index (χ4v) is 3.35. The van der Waals surface area contributed by atoms with Crippen LogP contribution in [0.3, 0.4) is 0 Å². The number of amides is 2. The van der Waals surface area contributed by atoms with Crippen molar-refractivity contribution in [3.8, 4) is 0 Å². The van der Waals surface area contributed by atoms with Crippen LogP contribution in [-0.4, -0.2) is 54.7 Å². The number of rotatable bonds is 9. The van der Waals surface area contributed by atoms with Gasteiger partial charge in [0, 0.05) is 25.6 Å². The summed E-state index contributed by atoms with van der Waals surface area (Å²) in [6.45, 7) is 9.38. The zero-order valence-electron chi connectivity index (χ0n) is 17.5. The van der Waals surface area contributed by atoms with Crippen LogP contribution in [-0.2, 0) is 16.0 Å². The molecule has 0 aromatic heterocycles. The summed E-state index contributed by atoms with van der Waals surface area (Å²) in [5, 5.41) is 5.92. The van der Waals surface area contributed by atoms with Gasteiger partial charge < -0.3 is 20.3 Å². The van der Waals surface area contributed by atoms with Crippen LogP contribution in [0.15, 0.2) is 30.3 Å². The first-order valence-corrected chi connectivity index (χ1v) is 10.3. The Hall–Kier alpha value is -2.08. The largest absolute Gasteiger partial charge is 0.444 e. The van der Waals surface area contributed by atoms with E-state index in [1.807, 2.05) is 51.1 Å². The molecule has 0 aliphatic carbocycles. The zero-order chi connectivity index (χ0) is 20.4. The van der Waals surface area contributed by atoms with Gasteiger partial charge in [-0.15, -0.1) is 0 Å². The molecule has 1 unspecified atom stereocenters.